The van der Waals surface area contributed by atoms with Gasteiger partial charge in [-0.15, -0.1) is 0 Å². The number of carbonyl (C=O) groups is 3. The predicted octanol–water partition coefficient (Wildman–Crippen LogP) is 1.44. The minimum Gasteiger partial charge on any atom is -0.481 e. The Bertz CT molecular complexity index is 581. The molecular weight excluding hydrogens is 262 g/mol. The van der Waals surface area contributed by atoms with Gasteiger partial charge in [-0.3, -0.25) is 9.59 Å². The van der Waals surface area contributed by atoms with Gasteiger partial charge < -0.3 is 15.2 Å². The van der Waals surface area contributed by atoms with E-state index in [4.69, 9.17) is 5.11 Å². The minimum atomic E-state index is -0.954. The fourth-order valence-electron chi connectivity index (χ4n) is 2.09. The largest absolute Gasteiger partial charge is 0.481 e. The van der Waals surface area contributed by atoms with Gasteiger partial charge in [-0.05, 0) is 31.0 Å². The number of hydrogen-bond acceptors (Lipinski definition) is 4. The summed E-state index contributed by atoms with van der Waals surface area (Å²) in [6, 6.07) is 4.91. The van der Waals surface area contributed by atoms with Crippen LogP contribution in [0.15, 0.2) is 18.2 Å². The number of aliphatic carboxylic acids is 1. The Hall–Kier alpha value is -2.37. The van der Waals surface area contributed by atoms with Crippen LogP contribution >= 0.6 is 0 Å². The molecule has 0 aromatic heterocycles. The molecule has 20 heavy (non-hydrogen) atoms. The van der Waals surface area contributed by atoms with Crippen molar-refractivity contribution in [1.82, 2.24) is 0 Å². The predicted molar refractivity (Wildman–Crippen MR) is 70.4 cm³/mol. The van der Waals surface area contributed by atoms with Crippen molar-refractivity contribution in [1.29, 1.82) is 0 Å². The van der Waals surface area contributed by atoms with E-state index in [0.717, 1.165) is 0 Å². The lowest BCUT2D eigenvalue weighted by Crippen LogP contribution is -2.18. The number of hydrogen-bond donors (Lipinski definition) is 2. The Balaban J connectivity index is 2.13. The van der Waals surface area contributed by atoms with Gasteiger partial charge in [0.25, 0.3) is 0 Å². The summed E-state index contributed by atoms with van der Waals surface area (Å²) >= 11 is 0. The van der Waals surface area contributed by atoms with Crippen LogP contribution in [0.4, 0.5) is 5.69 Å². The third-order valence-corrected chi connectivity index (χ3v) is 3.44. The first-order valence-corrected chi connectivity index (χ1v) is 6.17. The van der Waals surface area contributed by atoms with Crippen molar-refractivity contribution in [2.75, 3.05) is 12.4 Å². The van der Waals surface area contributed by atoms with Gasteiger partial charge in [0.15, 0.2) is 0 Å². The average Bonchev–Trinajstić information content (AvgIpc) is 3.20. The number of methoxy groups -OCH3 is 1. The van der Waals surface area contributed by atoms with Crippen molar-refractivity contribution < 1.29 is 24.2 Å². The summed E-state index contributed by atoms with van der Waals surface area (Å²) in [7, 11) is 1.29. The number of rotatable bonds is 4. The zero-order valence-corrected chi connectivity index (χ0v) is 11.2. The number of carboxylic acids is 1. The highest BCUT2D eigenvalue weighted by molar-refractivity contribution is 6.00. The van der Waals surface area contributed by atoms with Crippen molar-refractivity contribution in [3.63, 3.8) is 0 Å². The lowest BCUT2D eigenvalue weighted by atomic mass is 10.1. The van der Waals surface area contributed by atoms with E-state index in [1.807, 2.05) is 0 Å². The number of carbonyl (C=O) groups excluding carboxylic acids is 2. The highest BCUT2D eigenvalue weighted by atomic mass is 16.5. The second-order valence-corrected chi connectivity index (χ2v) is 4.75. The summed E-state index contributed by atoms with van der Waals surface area (Å²) in [5, 5.41) is 11.5. The van der Waals surface area contributed by atoms with Crippen LogP contribution in [0.1, 0.15) is 22.3 Å². The Morgan fingerprint density at radius 3 is 2.55 bits per heavy atom. The maximum atomic E-state index is 11.9. The topological polar surface area (TPSA) is 92.7 Å². The van der Waals surface area contributed by atoms with E-state index in [1.165, 1.54) is 7.11 Å². The van der Waals surface area contributed by atoms with Gasteiger partial charge in [-0.25, -0.2) is 4.79 Å². The molecule has 0 saturated heterocycles. The van der Waals surface area contributed by atoms with Crippen molar-refractivity contribution >= 4 is 23.5 Å². The Kier molecular flexibility index (Phi) is 3.74. The molecule has 6 nitrogen and oxygen atoms in total. The van der Waals surface area contributed by atoms with E-state index in [9.17, 15) is 14.4 Å². The first kappa shape index (κ1) is 14.0. The number of esters is 1. The third-order valence-electron chi connectivity index (χ3n) is 3.44. The molecule has 1 fully saturated rings. The van der Waals surface area contributed by atoms with Crippen molar-refractivity contribution in [2.24, 2.45) is 11.8 Å². The van der Waals surface area contributed by atoms with E-state index in [2.05, 4.69) is 10.1 Å². The second kappa shape index (κ2) is 5.32. The molecule has 0 bridgehead atoms. The average molecular weight is 277 g/mol. The normalized spacial score (nSPS) is 20.1. The first-order valence-electron chi connectivity index (χ1n) is 6.17. The monoisotopic (exact) mass is 277 g/mol. The fraction of sp³-hybridized carbons (Fsp3) is 0.357. The lowest BCUT2D eigenvalue weighted by molar-refractivity contribution is -0.139. The van der Waals surface area contributed by atoms with Crippen LogP contribution in [0, 0.1) is 18.8 Å². The van der Waals surface area contributed by atoms with Crippen LogP contribution in [-0.4, -0.2) is 30.1 Å². The SMILES string of the molecule is COC(=O)c1cccc(NC(=O)C2CC2C(=O)O)c1C. The molecule has 1 aliphatic rings. The number of benzene rings is 1. The maximum Gasteiger partial charge on any atom is 0.338 e. The summed E-state index contributed by atoms with van der Waals surface area (Å²) < 4.78 is 4.66. The lowest BCUT2D eigenvalue weighted by Gasteiger charge is -2.11. The van der Waals surface area contributed by atoms with Crippen LogP contribution < -0.4 is 5.32 Å². The highest BCUT2D eigenvalue weighted by Gasteiger charge is 2.48. The van der Waals surface area contributed by atoms with Crippen molar-refractivity contribution in [3.8, 4) is 0 Å². The molecule has 2 atom stereocenters. The number of amides is 1. The van der Waals surface area contributed by atoms with Gasteiger partial charge >= 0.3 is 11.9 Å². The molecule has 2 unspecified atom stereocenters. The van der Waals surface area contributed by atoms with E-state index in [1.54, 1.807) is 25.1 Å². The molecule has 0 aliphatic heterocycles. The molecule has 2 rings (SSSR count). The van der Waals surface area contributed by atoms with E-state index in [0.29, 0.717) is 23.2 Å². The zero-order chi connectivity index (χ0) is 14.9. The van der Waals surface area contributed by atoms with Gasteiger partial charge in [0.05, 0.1) is 24.5 Å². The summed E-state index contributed by atoms with van der Waals surface area (Å²) in [5.74, 6) is -2.85. The minimum absolute atomic E-state index is 0.331. The number of nitrogens with one attached hydrogen (secondary N) is 1. The standard InChI is InChI=1S/C14H15NO5/c1-7-8(14(19)20-2)4-3-5-11(7)15-12(16)9-6-10(9)13(17)18/h3-5,9-10H,6H2,1-2H3,(H,15,16)(H,17,18). The molecule has 1 aromatic rings. The van der Waals surface area contributed by atoms with E-state index < -0.39 is 23.8 Å². The van der Waals surface area contributed by atoms with Gasteiger partial charge in [0, 0.05) is 5.69 Å². The van der Waals surface area contributed by atoms with Crippen LogP contribution in [0.25, 0.3) is 0 Å². The van der Waals surface area contributed by atoms with Crippen LogP contribution in [0.3, 0.4) is 0 Å². The van der Waals surface area contributed by atoms with Gasteiger partial charge in [0.1, 0.15) is 0 Å². The number of ether oxygens (including phenoxy) is 1. The van der Waals surface area contributed by atoms with Crippen molar-refractivity contribution in [2.45, 2.75) is 13.3 Å². The number of carboxylic acid groups (broad SMARTS) is 1. The smallest absolute Gasteiger partial charge is 0.338 e. The molecule has 1 aromatic carbocycles. The molecule has 0 radical (unpaired) electrons. The highest BCUT2D eigenvalue weighted by Crippen LogP contribution is 2.39. The molecule has 0 heterocycles. The summed E-state index contributed by atoms with van der Waals surface area (Å²) in [5.41, 5.74) is 1.46. The summed E-state index contributed by atoms with van der Waals surface area (Å²) in [6.07, 6.45) is 0.358. The van der Waals surface area contributed by atoms with Crippen LogP contribution in [0.2, 0.25) is 0 Å². The van der Waals surface area contributed by atoms with Gasteiger partial charge in [0.2, 0.25) is 5.91 Å². The molecular formula is C14H15NO5. The fourth-order valence-corrected chi connectivity index (χ4v) is 2.09. The molecule has 0 spiro atoms. The number of anilines is 1. The van der Waals surface area contributed by atoms with Crippen LogP contribution in [0.5, 0.6) is 0 Å². The molecule has 2 N–H and O–H groups in total. The zero-order valence-electron chi connectivity index (χ0n) is 11.2. The Morgan fingerprint density at radius 2 is 2.00 bits per heavy atom. The quantitative estimate of drug-likeness (QED) is 0.812. The van der Waals surface area contributed by atoms with Crippen molar-refractivity contribution in [3.05, 3.63) is 29.3 Å². The van der Waals surface area contributed by atoms with Gasteiger partial charge in [-0.2, -0.15) is 0 Å². The van der Waals surface area contributed by atoms with E-state index in [-0.39, 0.29) is 5.91 Å². The molecule has 106 valence electrons. The molecule has 1 aliphatic carbocycles. The second-order valence-electron chi connectivity index (χ2n) is 4.75. The molecule has 1 saturated carbocycles. The summed E-state index contributed by atoms with van der Waals surface area (Å²) in [4.78, 5) is 34.2. The molecule has 6 heteroatoms. The Morgan fingerprint density at radius 1 is 1.30 bits per heavy atom. The summed E-state index contributed by atoms with van der Waals surface area (Å²) in [6.45, 7) is 1.70. The maximum absolute atomic E-state index is 11.9. The molecule has 1 amide bonds. The Labute approximate surface area is 115 Å². The van der Waals surface area contributed by atoms with Crippen LogP contribution in [-0.2, 0) is 14.3 Å². The van der Waals surface area contributed by atoms with E-state index >= 15 is 0 Å². The van der Waals surface area contributed by atoms with Gasteiger partial charge in [-0.1, -0.05) is 6.07 Å². The third kappa shape index (κ3) is 2.64. The first-order chi connectivity index (χ1) is 9.45.